The Kier molecular flexibility index (Phi) is 7.82. The lowest BCUT2D eigenvalue weighted by atomic mass is 10.0. The fraction of sp³-hybridized carbons (Fsp3) is 0.0370. The van der Waals surface area contributed by atoms with Crippen LogP contribution in [0.1, 0.15) is 26.3 Å². The number of halogens is 6. The predicted molar refractivity (Wildman–Crippen MR) is 134 cm³/mol. The molecule has 40 heavy (non-hydrogen) atoms. The summed E-state index contributed by atoms with van der Waals surface area (Å²) in [5.74, 6) is -4.28. The second kappa shape index (κ2) is 11.1. The SMILES string of the molecule is O=C(Oc1ccc(-c2ccc(F)cc2F)cc1C(=O)Nc1ccc([N+](=O)[O-])c(C(F)(F)F)c1)c1ccccc1Cl. The zero-order valence-corrected chi connectivity index (χ0v) is 20.5. The number of esters is 1. The van der Waals surface area contributed by atoms with Crippen molar-refractivity contribution in [2.24, 2.45) is 0 Å². The third-order valence-electron chi connectivity index (χ3n) is 5.52. The van der Waals surface area contributed by atoms with Gasteiger partial charge in [-0.3, -0.25) is 14.9 Å². The molecule has 0 saturated heterocycles. The average Bonchev–Trinajstić information content (AvgIpc) is 2.88. The highest BCUT2D eigenvalue weighted by Gasteiger charge is 2.38. The second-order valence-electron chi connectivity index (χ2n) is 8.15. The molecule has 0 unspecified atom stereocenters. The fourth-order valence-electron chi connectivity index (χ4n) is 3.67. The van der Waals surface area contributed by atoms with Gasteiger partial charge in [-0.1, -0.05) is 29.8 Å². The monoisotopic (exact) mass is 576 g/mol. The molecule has 0 atom stereocenters. The Balaban J connectivity index is 1.77. The third-order valence-corrected chi connectivity index (χ3v) is 5.85. The number of nitro benzene ring substituents is 1. The van der Waals surface area contributed by atoms with E-state index >= 15 is 0 Å². The van der Waals surface area contributed by atoms with Crippen LogP contribution in [0.3, 0.4) is 0 Å². The summed E-state index contributed by atoms with van der Waals surface area (Å²) in [6.45, 7) is 0. The molecule has 0 spiro atoms. The van der Waals surface area contributed by atoms with Crippen LogP contribution >= 0.6 is 11.6 Å². The molecule has 13 heteroatoms. The van der Waals surface area contributed by atoms with Gasteiger partial charge in [0.15, 0.2) is 0 Å². The van der Waals surface area contributed by atoms with E-state index in [1.807, 2.05) is 0 Å². The third kappa shape index (κ3) is 6.07. The van der Waals surface area contributed by atoms with E-state index in [0.717, 1.165) is 30.3 Å². The van der Waals surface area contributed by atoms with Crippen molar-refractivity contribution >= 4 is 34.9 Å². The molecule has 0 heterocycles. The molecule has 4 rings (SSSR count). The number of nitrogens with one attached hydrogen (secondary N) is 1. The van der Waals surface area contributed by atoms with Crippen molar-refractivity contribution in [2.75, 3.05) is 5.32 Å². The lowest BCUT2D eigenvalue weighted by Crippen LogP contribution is -2.17. The normalized spacial score (nSPS) is 11.2. The van der Waals surface area contributed by atoms with Crippen LogP contribution in [0, 0.1) is 21.7 Å². The van der Waals surface area contributed by atoms with E-state index in [9.17, 15) is 41.7 Å². The Bertz CT molecular complexity index is 1660. The maximum atomic E-state index is 14.4. The molecule has 0 saturated carbocycles. The largest absolute Gasteiger partial charge is 0.423 e. The van der Waals surface area contributed by atoms with E-state index in [1.54, 1.807) is 6.07 Å². The molecule has 0 radical (unpaired) electrons. The Morgan fingerprint density at radius 3 is 2.27 bits per heavy atom. The van der Waals surface area contributed by atoms with Gasteiger partial charge >= 0.3 is 12.1 Å². The number of hydrogen-bond acceptors (Lipinski definition) is 5. The van der Waals surface area contributed by atoms with Crippen molar-refractivity contribution < 1.29 is 41.2 Å². The van der Waals surface area contributed by atoms with Gasteiger partial charge < -0.3 is 10.1 Å². The number of carbonyl (C=O) groups is 2. The van der Waals surface area contributed by atoms with E-state index in [-0.39, 0.29) is 27.5 Å². The zero-order chi connectivity index (χ0) is 29.2. The van der Waals surface area contributed by atoms with Crippen LogP contribution in [-0.4, -0.2) is 16.8 Å². The Hall–Kier alpha value is -4.84. The highest BCUT2D eigenvalue weighted by molar-refractivity contribution is 6.33. The minimum atomic E-state index is -5.11. The van der Waals surface area contributed by atoms with E-state index in [2.05, 4.69) is 5.32 Å². The standard InChI is InChI=1S/C27H14ClF5N2O5/c28-21-4-2-1-3-18(21)26(37)40-24-10-5-14(17-8-6-15(29)12-22(17)30)11-19(24)25(36)34-16-7-9-23(35(38)39)20(13-16)27(31,32)33/h1-13H,(H,34,36). The van der Waals surface area contributed by atoms with Crippen LogP contribution in [0.4, 0.5) is 33.3 Å². The Morgan fingerprint density at radius 1 is 0.900 bits per heavy atom. The molecule has 4 aromatic carbocycles. The number of nitrogens with zero attached hydrogens (tertiary/aromatic N) is 1. The van der Waals surface area contributed by atoms with Crippen molar-refractivity contribution in [3.05, 3.63) is 122 Å². The molecule has 0 aliphatic carbocycles. The molecular formula is C27H14ClF5N2O5. The molecule has 0 aliphatic heterocycles. The molecule has 4 aromatic rings. The minimum Gasteiger partial charge on any atom is -0.422 e. The first kappa shape index (κ1) is 28.2. The molecule has 1 amide bonds. The Morgan fingerprint density at radius 2 is 1.62 bits per heavy atom. The van der Waals surface area contributed by atoms with Gasteiger partial charge in [-0.2, -0.15) is 13.2 Å². The molecule has 0 fully saturated rings. The van der Waals surface area contributed by atoms with E-state index < -0.39 is 57.1 Å². The minimum absolute atomic E-state index is 0.0362. The molecular weight excluding hydrogens is 563 g/mol. The number of benzene rings is 4. The highest BCUT2D eigenvalue weighted by atomic mass is 35.5. The van der Waals surface area contributed by atoms with Crippen LogP contribution in [0.2, 0.25) is 5.02 Å². The van der Waals surface area contributed by atoms with Gasteiger partial charge in [-0.05, 0) is 54.1 Å². The average molecular weight is 577 g/mol. The van der Waals surface area contributed by atoms with Crippen LogP contribution in [-0.2, 0) is 6.18 Å². The van der Waals surface area contributed by atoms with E-state index in [0.29, 0.717) is 18.2 Å². The predicted octanol–water partition coefficient (Wildman–Crippen LogP) is 7.68. The van der Waals surface area contributed by atoms with Crippen LogP contribution < -0.4 is 10.1 Å². The van der Waals surface area contributed by atoms with Crippen LogP contribution in [0.25, 0.3) is 11.1 Å². The molecule has 0 bridgehead atoms. The van der Waals surface area contributed by atoms with Crippen LogP contribution in [0.5, 0.6) is 5.75 Å². The molecule has 204 valence electrons. The number of nitro groups is 1. The zero-order valence-electron chi connectivity index (χ0n) is 19.8. The summed E-state index contributed by atoms with van der Waals surface area (Å²) in [5.41, 5.74) is -3.88. The lowest BCUT2D eigenvalue weighted by Gasteiger charge is -2.14. The number of carbonyl (C=O) groups excluding carboxylic acids is 2. The molecule has 7 nitrogen and oxygen atoms in total. The first-order valence-corrected chi connectivity index (χ1v) is 11.5. The summed E-state index contributed by atoms with van der Waals surface area (Å²) in [7, 11) is 0. The van der Waals surface area contributed by atoms with Gasteiger partial charge in [0.2, 0.25) is 0 Å². The van der Waals surface area contributed by atoms with Gasteiger partial charge in [-0.25, -0.2) is 13.6 Å². The van der Waals surface area contributed by atoms with Crippen molar-refractivity contribution in [3.8, 4) is 16.9 Å². The van der Waals surface area contributed by atoms with Gasteiger partial charge in [0.25, 0.3) is 11.6 Å². The number of hydrogen-bond donors (Lipinski definition) is 1. The summed E-state index contributed by atoms with van der Waals surface area (Å²) >= 11 is 6.02. The van der Waals surface area contributed by atoms with Crippen molar-refractivity contribution in [3.63, 3.8) is 0 Å². The maximum Gasteiger partial charge on any atom is 0.423 e. The van der Waals surface area contributed by atoms with E-state index in [1.165, 1.54) is 24.3 Å². The molecule has 0 aliphatic rings. The highest BCUT2D eigenvalue weighted by Crippen LogP contribution is 2.38. The summed E-state index contributed by atoms with van der Waals surface area (Å²) in [4.78, 5) is 35.8. The van der Waals surface area contributed by atoms with Gasteiger partial charge in [0.1, 0.15) is 22.9 Å². The summed E-state index contributed by atoms with van der Waals surface area (Å²) < 4.78 is 73.4. The lowest BCUT2D eigenvalue weighted by molar-refractivity contribution is -0.388. The van der Waals surface area contributed by atoms with Gasteiger partial charge in [0, 0.05) is 23.4 Å². The molecule has 1 N–H and O–H groups in total. The van der Waals surface area contributed by atoms with Gasteiger partial charge in [0.05, 0.1) is 21.1 Å². The number of rotatable bonds is 6. The Labute approximate surface area is 226 Å². The van der Waals surface area contributed by atoms with Crippen LogP contribution in [0.15, 0.2) is 78.9 Å². The second-order valence-corrected chi connectivity index (χ2v) is 8.55. The number of alkyl halides is 3. The number of amides is 1. The first-order chi connectivity index (χ1) is 18.8. The molecule has 0 aromatic heterocycles. The topological polar surface area (TPSA) is 98.5 Å². The van der Waals surface area contributed by atoms with Crippen molar-refractivity contribution in [2.45, 2.75) is 6.18 Å². The summed E-state index contributed by atoms with van der Waals surface area (Å²) in [6.07, 6.45) is -5.11. The summed E-state index contributed by atoms with van der Waals surface area (Å²) in [5, 5.41) is 13.2. The van der Waals surface area contributed by atoms with Gasteiger partial charge in [-0.15, -0.1) is 0 Å². The quantitative estimate of drug-likeness (QED) is 0.0834. The first-order valence-electron chi connectivity index (χ1n) is 11.1. The smallest absolute Gasteiger partial charge is 0.422 e. The fourth-order valence-corrected chi connectivity index (χ4v) is 3.88. The summed E-state index contributed by atoms with van der Waals surface area (Å²) in [6, 6.07) is 13.8. The van der Waals surface area contributed by atoms with Crippen molar-refractivity contribution in [1.82, 2.24) is 0 Å². The maximum absolute atomic E-state index is 14.4. The number of anilines is 1. The van der Waals surface area contributed by atoms with Crippen molar-refractivity contribution in [1.29, 1.82) is 0 Å². The number of ether oxygens (including phenoxy) is 1. The van der Waals surface area contributed by atoms with E-state index in [4.69, 9.17) is 16.3 Å².